The van der Waals surface area contributed by atoms with Crippen molar-refractivity contribution in [2.45, 2.75) is 103 Å². The van der Waals surface area contributed by atoms with E-state index in [-0.39, 0.29) is 48.9 Å². The minimum atomic E-state index is -0.855. The van der Waals surface area contributed by atoms with Gasteiger partial charge in [-0.15, -0.1) is 11.3 Å². The normalized spacial score (nSPS) is 25.0. The Morgan fingerprint density at radius 1 is 1.16 bits per heavy atom. The number of hydrogen-bond donors (Lipinski definition) is 3. The largest absolute Gasteiger partial charge is 0.464 e. The van der Waals surface area contributed by atoms with Crippen LogP contribution in [0, 0.1) is 11.3 Å². The number of nitrogens with one attached hydrogen (secondary N) is 3. The van der Waals surface area contributed by atoms with E-state index < -0.39 is 17.5 Å². The van der Waals surface area contributed by atoms with Crippen LogP contribution in [-0.4, -0.2) is 100 Å². The van der Waals surface area contributed by atoms with E-state index >= 15 is 0 Å². The Balaban J connectivity index is 1.20. The third-order valence-corrected chi connectivity index (χ3v) is 13.2. The number of fused-ring (bicyclic) bond motifs is 7. The molecular weight excluding hydrogens is 741 g/mol. The van der Waals surface area contributed by atoms with Crippen LogP contribution in [0.15, 0.2) is 41.9 Å². The second-order valence-corrected chi connectivity index (χ2v) is 17.8. The van der Waals surface area contributed by atoms with Gasteiger partial charge in [0, 0.05) is 78.4 Å². The summed E-state index contributed by atoms with van der Waals surface area (Å²) in [4.78, 5) is 54.6. The van der Waals surface area contributed by atoms with Crippen LogP contribution < -0.4 is 16.1 Å². The zero-order chi connectivity index (χ0) is 39.8. The Labute approximate surface area is 338 Å². The van der Waals surface area contributed by atoms with Gasteiger partial charge < -0.3 is 24.7 Å². The molecule has 304 valence electrons. The molecule has 4 aliphatic heterocycles. The maximum absolute atomic E-state index is 14.4. The number of nitrogens with zero attached hydrogens (tertiary/aromatic N) is 5. The van der Waals surface area contributed by atoms with Crippen molar-refractivity contribution >= 4 is 40.0 Å². The molecule has 57 heavy (non-hydrogen) atoms. The molecule has 0 radical (unpaired) electrons. The molecular formula is C43H56N8O5S. The Morgan fingerprint density at radius 2 is 2.00 bits per heavy atom. The number of cyclic esters (lactones) is 1. The number of pyridine rings is 1. The Bertz CT molecular complexity index is 2130. The average molecular weight is 797 g/mol. The van der Waals surface area contributed by atoms with E-state index in [1.807, 2.05) is 24.6 Å². The number of aryl methyl sites for hydroxylation is 1. The molecule has 1 aromatic carbocycles. The third-order valence-electron chi connectivity index (χ3n) is 12.3. The highest BCUT2D eigenvalue weighted by atomic mass is 32.1. The minimum absolute atomic E-state index is 0.0926. The Morgan fingerprint density at radius 3 is 2.82 bits per heavy atom. The number of ether oxygens (including phenoxy) is 2. The van der Waals surface area contributed by atoms with Crippen LogP contribution in [-0.2, 0) is 43.2 Å². The fraction of sp³-hybridized carbons (Fsp3) is 0.558. The lowest BCUT2D eigenvalue weighted by atomic mass is 9.84. The molecule has 4 aromatic rings. The topological polar surface area (TPSA) is 143 Å². The van der Waals surface area contributed by atoms with Crippen LogP contribution in [0.25, 0.3) is 33.4 Å². The van der Waals surface area contributed by atoms with Crippen molar-refractivity contribution in [3.8, 4) is 22.5 Å². The number of piperidine rings is 1. The van der Waals surface area contributed by atoms with E-state index in [2.05, 4.69) is 70.6 Å². The predicted molar refractivity (Wildman–Crippen MR) is 220 cm³/mol. The SMILES string of the molecule is CCn1c(-c2cccnc2[C@H](C)OC)c2c3cc(ccc31)-c1csc(n1)C[C@H](NC(=O)[C@@H]1CCCN3CNCC[C@H]13)C(=O)N1CCC[C@H](N1)C(=O)OCC(C)(C)C2. The highest BCUT2D eigenvalue weighted by molar-refractivity contribution is 7.10. The van der Waals surface area contributed by atoms with Crippen molar-refractivity contribution < 1.29 is 23.9 Å². The number of esters is 1. The molecule has 0 unspecified atom stereocenters. The third kappa shape index (κ3) is 7.99. The number of methoxy groups -OCH3 is 1. The summed E-state index contributed by atoms with van der Waals surface area (Å²) >= 11 is 1.50. The molecule has 3 N–H and O–H groups in total. The first-order chi connectivity index (χ1) is 27.5. The highest BCUT2D eigenvalue weighted by Crippen LogP contribution is 2.42. The number of aromatic nitrogens is 3. The van der Waals surface area contributed by atoms with E-state index in [4.69, 9.17) is 19.4 Å². The van der Waals surface area contributed by atoms with Gasteiger partial charge in [-0.3, -0.25) is 29.3 Å². The number of thiazole rings is 1. The van der Waals surface area contributed by atoms with Gasteiger partial charge in [-0.25, -0.2) is 10.4 Å². The van der Waals surface area contributed by atoms with Crippen LogP contribution in [0.1, 0.15) is 82.2 Å². The molecule has 0 aliphatic carbocycles. The zero-order valence-corrected chi connectivity index (χ0v) is 34.6. The quantitative estimate of drug-likeness (QED) is 0.222. The number of hydrogen-bond acceptors (Lipinski definition) is 11. The van der Waals surface area contributed by atoms with Crippen LogP contribution in [0.4, 0.5) is 0 Å². The molecule has 13 nitrogen and oxygen atoms in total. The Hall–Kier alpha value is -4.21. The van der Waals surface area contributed by atoms with Gasteiger partial charge in [-0.05, 0) is 95.3 Å². The molecule has 8 rings (SSSR count). The number of amides is 2. The summed E-state index contributed by atoms with van der Waals surface area (Å²) < 4.78 is 14.3. The molecule has 7 heterocycles. The van der Waals surface area contributed by atoms with Crippen LogP contribution in [0.3, 0.4) is 0 Å². The maximum Gasteiger partial charge on any atom is 0.324 e. The molecule has 14 heteroatoms. The number of carbonyl (C=O) groups is 3. The summed E-state index contributed by atoms with van der Waals surface area (Å²) in [6, 6.07) is 9.20. The van der Waals surface area contributed by atoms with Gasteiger partial charge in [-0.2, -0.15) is 0 Å². The van der Waals surface area contributed by atoms with Crippen molar-refractivity contribution in [2.75, 3.05) is 40.0 Å². The zero-order valence-electron chi connectivity index (χ0n) is 33.8. The average Bonchev–Trinajstić information content (AvgIpc) is 3.83. The molecule has 2 amide bonds. The molecule has 0 saturated carbocycles. The molecule has 4 aliphatic rings. The summed E-state index contributed by atoms with van der Waals surface area (Å²) in [5.74, 6) is -0.948. The molecule has 6 bridgehead atoms. The smallest absolute Gasteiger partial charge is 0.324 e. The van der Waals surface area contributed by atoms with Crippen molar-refractivity contribution in [2.24, 2.45) is 11.3 Å². The summed E-state index contributed by atoms with van der Waals surface area (Å²) in [7, 11) is 1.70. The molecule has 5 atom stereocenters. The lowest BCUT2D eigenvalue weighted by Crippen LogP contribution is -2.62. The monoisotopic (exact) mass is 796 g/mol. The molecule has 3 aromatic heterocycles. The van der Waals surface area contributed by atoms with E-state index in [9.17, 15) is 14.4 Å². The standard InChI is InChI=1S/C43H56N8O5S/c1-6-50-36-14-13-27-20-30(36)31(39(50)29-10-7-16-45-38(29)26(2)55-5)22-43(3,4)24-56-42(54)32-12-9-19-51(48-32)41(53)33(21-37-46-34(27)23-57-37)47-40(52)28-11-8-18-49-25-44-17-15-35(28)49/h7,10,13-14,16,20,23,26,28,32-33,35,44,48H,6,8-9,11-12,15,17-19,21-22,24-25H2,1-5H3,(H,47,52)/t26-,28+,32-,33-,35+/m0/s1. The predicted octanol–water partition coefficient (Wildman–Crippen LogP) is 5.23. The van der Waals surface area contributed by atoms with E-state index in [0.29, 0.717) is 25.8 Å². The van der Waals surface area contributed by atoms with Gasteiger partial charge in [0.25, 0.3) is 5.91 Å². The Kier molecular flexibility index (Phi) is 11.5. The van der Waals surface area contributed by atoms with Crippen molar-refractivity contribution in [1.82, 2.24) is 40.5 Å². The molecule has 0 spiro atoms. The minimum Gasteiger partial charge on any atom is -0.464 e. The first-order valence-corrected chi connectivity index (χ1v) is 21.5. The maximum atomic E-state index is 14.4. The van der Waals surface area contributed by atoms with E-state index in [1.165, 1.54) is 16.3 Å². The lowest BCUT2D eigenvalue weighted by molar-refractivity contribution is -0.155. The molecule has 3 saturated heterocycles. The number of carbonyl (C=O) groups excluding carboxylic acids is 3. The number of hydrazine groups is 1. The fourth-order valence-corrected chi connectivity index (χ4v) is 10.2. The number of benzene rings is 1. The van der Waals surface area contributed by atoms with Crippen molar-refractivity contribution in [3.05, 3.63) is 58.2 Å². The van der Waals surface area contributed by atoms with Crippen LogP contribution in [0.5, 0.6) is 0 Å². The first kappa shape index (κ1) is 39.6. The van der Waals surface area contributed by atoms with Crippen molar-refractivity contribution in [1.29, 1.82) is 0 Å². The summed E-state index contributed by atoms with van der Waals surface area (Å²) in [5, 5.41) is 12.1. The van der Waals surface area contributed by atoms with Crippen LogP contribution in [0.2, 0.25) is 0 Å². The summed E-state index contributed by atoms with van der Waals surface area (Å²) in [6.45, 7) is 12.4. The highest BCUT2D eigenvalue weighted by Gasteiger charge is 2.40. The second-order valence-electron chi connectivity index (χ2n) is 16.8. The summed E-state index contributed by atoms with van der Waals surface area (Å²) in [6.07, 6.45) is 6.25. The van der Waals surface area contributed by atoms with Crippen LogP contribution >= 0.6 is 11.3 Å². The lowest BCUT2D eigenvalue weighted by Gasteiger charge is -2.44. The van der Waals surface area contributed by atoms with E-state index in [1.54, 1.807) is 7.11 Å². The van der Waals surface area contributed by atoms with Gasteiger partial charge in [0.05, 0.1) is 40.7 Å². The molecule has 3 fully saturated rings. The van der Waals surface area contributed by atoms with Crippen molar-refractivity contribution in [3.63, 3.8) is 0 Å². The number of rotatable bonds is 6. The first-order valence-electron chi connectivity index (χ1n) is 20.6. The van der Waals surface area contributed by atoms with Gasteiger partial charge in [-0.1, -0.05) is 19.9 Å². The van der Waals surface area contributed by atoms with Gasteiger partial charge >= 0.3 is 5.97 Å². The van der Waals surface area contributed by atoms with Gasteiger partial charge in [0.2, 0.25) is 5.91 Å². The van der Waals surface area contributed by atoms with Gasteiger partial charge in [0.1, 0.15) is 12.1 Å². The summed E-state index contributed by atoms with van der Waals surface area (Å²) in [5.41, 5.74) is 9.74. The second kappa shape index (κ2) is 16.6. The van der Waals surface area contributed by atoms with Gasteiger partial charge in [0.15, 0.2) is 0 Å². The van der Waals surface area contributed by atoms with E-state index in [0.717, 1.165) is 95.2 Å². The fourth-order valence-electron chi connectivity index (χ4n) is 9.33.